The first-order chi connectivity index (χ1) is 17.0. The fraction of sp³-hybridized carbons (Fsp3) is 0.481. The molecule has 0 unspecified atom stereocenters. The van der Waals surface area contributed by atoms with E-state index >= 15 is 0 Å². The standard InChI is InChI=1S/C27H34N6O2/c1-4-8-24(26-29-30-31-33(26)22-9-5-6-10-22)32(17-23-11-7-12-35-23)16-21-15-20-14-18(2)13-19(3)25(20)28-27(21)34/h7,11-15,22,24H,4-6,8-10,16-17H2,1-3H3,(H,28,34)/t24-/m0/s1. The van der Waals surface area contributed by atoms with Gasteiger partial charge in [-0.3, -0.25) is 9.69 Å². The van der Waals surface area contributed by atoms with Gasteiger partial charge in [-0.1, -0.05) is 37.8 Å². The molecule has 0 saturated heterocycles. The van der Waals surface area contributed by atoms with E-state index in [1.165, 1.54) is 18.4 Å². The van der Waals surface area contributed by atoms with Crippen LogP contribution in [0.1, 0.15) is 85.8 Å². The number of aromatic nitrogens is 5. The van der Waals surface area contributed by atoms with E-state index in [0.29, 0.717) is 19.1 Å². The average Bonchev–Trinajstić information content (AvgIpc) is 3.60. The van der Waals surface area contributed by atoms with Crippen LogP contribution in [0.15, 0.2) is 45.8 Å². The van der Waals surface area contributed by atoms with Gasteiger partial charge in [0.1, 0.15) is 5.76 Å². The lowest BCUT2D eigenvalue weighted by Gasteiger charge is -2.31. The van der Waals surface area contributed by atoms with Crippen molar-refractivity contribution in [3.8, 4) is 0 Å². The van der Waals surface area contributed by atoms with Crippen LogP contribution in [0.2, 0.25) is 0 Å². The van der Waals surface area contributed by atoms with Crippen LogP contribution < -0.4 is 5.56 Å². The third kappa shape index (κ3) is 4.93. The van der Waals surface area contributed by atoms with E-state index in [2.05, 4.69) is 51.4 Å². The molecule has 0 radical (unpaired) electrons. The zero-order chi connectivity index (χ0) is 24.4. The topological polar surface area (TPSA) is 92.8 Å². The number of nitrogens with zero attached hydrogens (tertiary/aromatic N) is 5. The number of aryl methyl sites for hydroxylation is 2. The quantitative estimate of drug-likeness (QED) is 0.350. The Kier molecular flexibility index (Phi) is 6.81. The molecule has 0 amide bonds. The molecule has 1 fully saturated rings. The molecule has 1 aromatic carbocycles. The molecule has 5 rings (SSSR count). The molecule has 0 spiro atoms. The number of H-pyrrole nitrogens is 1. The first-order valence-corrected chi connectivity index (χ1v) is 12.7. The lowest BCUT2D eigenvalue weighted by molar-refractivity contribution is 0.142. The molecular formula is C27H34N6O2. The van der Waals surface area contributed by atoms with Crippen molar-refractivity contribution in [3.63, 3.8) is 0 Å². The van der Waals surface area contributed by atoms with Gasteiger partial charge in [-0.05, 0) is 78.8 Å². The third-order valence-electron chi connectivity index (χ3n) is 7.17. The Bertz CT molecular complexity index is 1330. The molecule has 35 heavy (non-hydrogen) atoms. The number of aromatic amines is 1. The van der Waals surface area contributed by atoms with Gasteiger partial charge in [0.05, 0.1) is 30.4 Å². The number of rotatable bonds is 9. The molecule has 184 valence electrons. The maximum absolute atomic E-state index is 13.2. The van der Waals surface area contributed by atoms with Crippen LogP contribution in [-0.4, -0.2) is 30.1 Å². The number of pyridine rings is 1. The largest absolute Gasteiger partial charge is 0.468 e. The number of hydrogen-bond donors (Lipinski definition) is 1. The molecule has 3 heterocycles. The summed E-state index contributed by atoms with van der Waals surface area (Å²) in [5, 5.41) is 14.0. The Labute approximate surface area is 205 Å². The van der Waals surface area contributed by atoms with Crippen LogP contribution in [0.4, 0.5) is 0 Å². The van der Waals surface area contributed by atoms with Gasteiger partial charge in [0.15, 0.2) is 5.82 Å². The molecule has 1 atom stereocenters. The van der Waals surface area contributed by atoms with Crippen LogP contribution in [0, 0.1) is 13.8 Å². The lowest BCUT2D eigenvalue weighted by Crippen LogP contribution is -2.33. The van der Waals surface area contributed by atoms with E-state index in [0.717, 1.165) is 59.3 Å². The summed E-state index contributed by atoms with van der Waals surface area (Å²) in [4.78, 5) is 18.6. The summed E-state index contributed by atoms with van der Waals surface area (Å²) in [5.41, 5.74) is 3.84. The zero-order valence-electron chi connectivity index (χ0n) is 20.8. The highest BCUT2D eigenvalue weighted by Gasteiger charge is 2.30. The van der Waals surface area contributed by atoms with E-state index in [9.17, 15) is 4.79 Å². The van der Waals surface area contributed by atoms with E-state index < -0.39 is 0 Å². The predicted molar refractivity (Wildman–Crippen MR) is 135 cm³/mol. The second-order valence-corrected chi connectivity index (χ2v) is 9.88. The van der Waals surface area contributed by atoms with E-state index in [-0.39, 0.29) is 11.6 Å². The highest BCUT2D eigenvalue weighted by molar-refractivity contribution is 5.82. The van der Waals surface area contributed by atoms with Crippen LogP contribution >= 0.6 is 0 Å². The van der Waals surface area contributed by atoms with Gasteiger partial charge in [-0.25, -0.2) is 4.68 Å². The van der Waals surface area contributed by atoms with Gasteiger partial charge < -0.3 is 9.40 Å². The smallest absolute Gasteiger partial charge is 0.252 e. The summed E-state index contributed by atoms with van der Waals surface area (Å²) in [6.07, 6.45) is 8.20. The number of hydrogen-bond acceptors (Lipinski definition) is 6. The molecule has 1 aliphatic rings. The molecule has 4 aromatic rings. The number of nitrogens with one attached hydrogen (secondary N) is 1. The minimum atomic E-state index is -0.0560. The van der Waals surface area contributed by atoms with Crippen molar-refractivity contribution in [3.05, 3.63) is 75.2 Å². The molecule has 8 nitrogen and oxygen atoms in total. The zero-order valence-corrected chi connectivity index (χ0v) is 20.8. The van der Waals surface area contributed by atoms with Crippen molar-refractivity contribution in [1.29, 1.82) is 0 Å². The van der Waals surface area contributed by atoms with Gasteiger partial charge in [0.2, 0.25) is 0 Å². The molecule has 8 heteroatoms. The van der Waals surface area contributed by atoms with Gasteiger partial charge in [0.25, 0.3) is 5.56 Å². The van der Waals surface area contributed by atoms with Gasteiger partial charge >= 0.3 is 0 Å². The average molecular weight is 475 g/mol. The maximum Gasteiger partial charge on any atom is 0.252 e. The highest BCUT2D eigenvalue weighted by Crippen LogP contribution is 2.34. The van der Waals surface area contributed by atoms with Gasteiger partial charge in [0, 0.05) is 12.1 Å². The lowest BCUT2D eigenvalue weighted by atomic mass is 10.0. The summed E-state index contributed by atoms with van der Waals surface area (Å²) in [5.74, 6) is 1.74. The van der Waals surface area contributed by atoms with Crippen molar-refractivity contribution >= 4 is 10.9 Å². The Morgan fingerprint density at radius 2 is 2.03 bits per heavy atom. The minimum Gasteiger partial charge on any atom is -0.468 e. The number of benzene rings is 1. The van der Waals surface area contributed by atoms with E-state index in [1.807, 2.05) is 29.8 Å². The van der Waals surface area contributed by atoms with Crippen LogP contribution in [-0.2, 0) is 13.1 Å². The summed E-state index contributed by atoms with van der Waals surface area (Å²) in [6.45, 7) is 7.34. The Morgan fingerprint density at radius 1 is 1.20 bits per heavy atom. The molecule has 1 N–H and O–H groups in total. The Morgan fingerprint density at radius 3 is 2.77 bits per heavy atom. The number of tetrazole rings is 1. The summed E-state index contributed by atoms with van der Waals surface area (Å²) >= 11 is 0. The molecule has 0 aliphatic heterocycles. The highest BCUT2D eigenvalue weighted by atomic mass is 16.3. The molecule has 3 aromatic heterocycles. The van der Waals surface area contributed by atoms with Crippen LogP contribution in [0.5, 0.6) is 0 Å². The SMILES string of the molecule is CCC[C@@H](c1nnnn1C1CCCC1)N(Cc1ccco1)Cc1cc2cc(C)cc(C)c2[nH]c1=O. The van der Waals surface area contributed by atoms with E-state index in [1.54, 1.807) is 6.26 Å². The molecule has 1 saturated carbocycles. The third-order valence-corrected chi connectivity index (χ3v) is 7.17. The normalized spacial score (nSPS) is 15.4. The van der Waals surface area contributed by atoms with E-state index in [4.69, 9.17) is 4.42 Å². The predicted octanol–water partition coefficient (Wildman–Crippen LogP) is 5.38. The van der Waals surface area contributed by atoms with Gasteiger partial charge in [-0.15, -0.1) is 5.10 Å². The van der Waals surface area contributed by atoms with Crippen molar-refractivity contribution in [2.75, 3.05) is 0 Å². The molecule has 0 bridgehead atoms. The summed E-state index contributed by atoms with van der Waals surface area (Å²) < 4.78 is 7.76. The maximum atomic E-state index is 13.2. The molecular weight excluding hydrogens is 440 g/mol. The fourth-order valence-electron chi connectivity index (χ4n) is 5.52. The van der Waals surface area contributed by atoms with Crippen molar-refractivity contribution in [2.24, 2.45) is 0 Å². The van der Waals surface area contributed by atoms with Gasteiger partial charge in [-0.2, -0.15) is 0 Å². The minimum absolute atomic E-state index is 0.0324. The van der Waals surface area contributed by atoms with Crippen LogP contribution in [0.3, 0.4) is 0 Å². The number of furan rings is 1. The van der Waals surface area contributed by atoms with Crippen molar-refractivity contribution in [1.82, 2.24) is 30.1 Å². The fourth-order valence-corrected chi connectivity index (χ4v) is 5.52. The second kappa shape index (κ2) is 10.2. The van der Waals surface area contributed by atoms with Crippen molar-refractivity contribution in [2.45, 2.75) is 84.5 Å². The second-order valence-electron chi connectivity index (χ2n) is 9.88. The first-order valence-electron chi connectivity index (χ1n) is 12.7. The summed E-state index contributed by atoms with van der Waals surface area (Å²) in [6, 6.07) is 10.5. The van der Waals surface area contributed by atoms with Crippen LogP contribution in [0.25, 0.3) is 10.9 Å². The molecule has 1 aliphatic carbocycles. The Hall–Kier alpha value is -3.26. The Balaban J connectivity index is 1.55. The van der Waals surface area contributed by atoms with Crippen molar-refractivity contribution < 1.29 is 4.42 Å². The first kappa shape index (κ1) is 23.5. The monoisotopic (exact) mass is 474 g/mol. The number of fused-ring (bicyclic) bond motifs is 1. The summed E-state index contributed by atoms with van der Waals surface area (Å²) in [7, 11) is 0.